The van der Waals surface area contributed by atoms with Gasteiger partial charge in [-0.15, -0.1) is 11.8 Å². The van der Waals surface area contributed by atoms with Crippen molar-refractivity contribution in [3.8, 4) is 6.07 Å². The van der Waals surface area contributed by atoms with Crippen molar-refractivity contribution >= 4 is 23.4 Å². The Morgan fingerprint density at radius 1 is 1.41 bits per heavy atom. The molecule has 7 heteroatoms. The van der Waals surface area contributed by atoms with Gasteiger partial charge in [0, 0.05) is 11.0 Å². The molecular formula is C15H17N3O3S. The molecule has 22 heavy (non-hydrogen) atoms. The molecule has 0 heterocycles. The van der Waals surface area contributed by atoms with E-state index in [2.05, 4.69) is 11.4 Å². The van der Waals surface area contributed by atoms with Crippen LogP contribution in [0, 0.1) is 21.4 Å². The van der Waals surface area contributed by atoms with Crippen LogP contribution in [0.3, 0.4) is 0 Å². The van der Waals surface area contributed by atoms with E-state index in [4.69, 9.17) is 0 Å². The number of carbonyl (C=O) groups is 1. The van der Waals surface area contributed by atoms with Gasteiger partial charge < -0.3 is 5.32 Å². The number of benzene rings is 1. The second kappa shape index (κ2) is 6.79. The van der Waals surface area contributed by atoms with Gasteiger partial charge >= 0.3 is 0 Å². The second-order valence-corrected chi connectivity index (χ2v) is 6.23. The highest BCUT2D eigenvalue weighted by Crippen LogP contribution is 2.30. The molecule has 1 amide bonds. The molecule has 0 unspecified atom stereocenters. The highest BCUT2D eigenvalue weighted by atomic mass is 32.2. The molecule has 0 aromatic heterocycles. The molecular weight excluding hydrogens is 302 g/mol. The van der Waals surface area contributed by atoms with Crippen molar-refractivity contribution in [3.63, 3.8) is 0 Å². The van der Waals surface area contributed by atoms with E-state index in [-0.39, 0.29) is 11.3 Å². The molecule has 1 aromatic rings. The first kappa shape index (κ1) is 16.3. The normalized spacial score (nSPS) is 16.5. The van der Waals surface area contributed by atoms with Crippen LogP contribution in [0.2, 0.25) is 0 Å². The van der Waals surface area contributed by atoms with Crippen LogP contribution >= 0.6 is 11.8 Å². The van der Waals surface area contributed by atoms with E-state index in [1.54, 1.807) is 6.07 Å². The van der Waals surface area contributed by atoms with Crippen LogP contribution in [-0.4, -0.2) is 22.6 Å². The van der Waals surface area contributed by atoms with Crippen molar-refractivity contribution in [1.82, 2.24) is 5.32 Å². The third-order valence-electron chi connectivity index (χ3n) is 3.92. The summed E-state index contributed by atoms with van der Waals surface area (Å²) in [4.78, 5) is 23.8. The molecule has 116 valence electrons. The SMILES string of the molecule is CSc1ccc([N+](=O)[O-])c(C(=O)NC2(C#N)CCCCC2)c1. The molecule has 1 aliphatic rings. The molecule has 0 aliphatic heterocycles. The molecule has 1 N–H and O–H groups in total. The number of hydrogen-bond acceptors (Lipinski definition) is 5. The fourth-order valence-electron chi connectivity index (χ4n) is 2.69. The summed E-state index contributed by atoms with van der Waals surface area (Å²) in [7, 11) is 0. The van der Waals surface area contributed by atoms with E-state index in [0.29, 0.717) is 12.8 Å². The number of nitrogens with zero attached hydrogens (tertiary/aromatic N) is 2. The van der Waals surface area contributed by atoms with Crippen molar-refractivity contribution in [2.24, 2.45) is 0 Å². The van der Waals surface area contributed by atoms with Gasteiger partial charge in [-0.05, 0) is 31.2 Å². The Labute approximate surface area is 133 Å². The lowest BCUT2D eigenvalue weighted by Crippen LogP contribution is -2.48. The zero-order valence-electron chi connectivity index (χ0n) is 12.3. The van der Waals surface area contributed by atoms with Gasteiger partial charge in [0.2, 0.25) is 0 Å². The first-order valence-corrected chi connectivity index (χ1v) is 8.30. The Morgan fingerprint density at radius 2 is 2.09 bits per heavy atom. The number of thioether (sulfide) groups is 1. The molecule has 6 nitrogen and oxygen atoms in total. The quantitative estimate of drug-likeness (QED) is 0.522. The lowest BCUT2D eigenvalue weighted by Gasteiger charge is -2.31. The predicted octanol–water partition coefficient (Wildman–Crippen LogP) is 3.27. The first-order valence-electron chi connectivity index (χ1n) is 7.07. The molecule has 0 radical (unpaired) electrons. The Kier molecular flexibility index (Phi) is 5.03. The maximum atomic E-state index is 12.5. The van der Waals surface area contributed by atoms with Gasteiger partial charge in [0.1, 0.15) is 11.1 Å². The van der Waals surface area contributed by atoms with Crippen LogP contribution in [0.25, 0.3) is 0 Å². The Bertz CT molecular complexity index is 633. The van der Waals surface area contributed by atoms with Gasteiger partial charge in [-0.2, -0.15) is 5.26 Å². The van der Waals surface area contributed by atoms with Gasteiger partial charge in [-0.3, -0.25) is 14.9 Å². The van der Waals surface area contributed by atoms with Crippen molar-refractivity contribution in [2.75, 3.05) is 6.26 Å². The maximum Gasteiger partial charge on any atom is 0.282 e. The minimum atomic E-state index is -0.904. The number of rotatable bonds is 4. The summed E-state index contributed by atoms with van der Waals surface area (Å²) >= 11 is 1.40. The summed E-state index contributed by atoms with van der Waals surface area (Å²) in [5.41, 5.74) is -1.13. The molecule has 1 aromatic carbocycles. The second-order valence-electron chi connectivity index (χ2n) is 5.35. The minimum absolute atomic E-state index is 0.0112. The summed E-state index contributed by atoms with van der Waals surface area (Å²) in [6.07, 6.45) is 5.81. The number of nitriles is 1. The summed E-state index contributed by atoms with van der Waals surface area (Å²) in [6, 6.07) is 6.64. The molecule has 0 bridgehead atoms. The highest BCUT2D eigenvalue weighted by Gasteiger charge is 2.35. The van der Waals surface area contributed by atoms with Crippen molar-refractivity contribution in [3.05, 3.63) is 33.9 Å². The minimum Gasteiger partial charge on any atom is -0.333 e. The number of nitro benzene ring substituents is 1. The van der Waals surface area contributed by atoms with E-state index in [1.165, 1.54) is 23.9 Å². The zero-order valence-corrected chi connectivity index (χ0v) is 13.1. The summed E-state index contributed by atoms with van der Waals surface area (Å²) in [5, 5.41) is 23.3. The molecule has 0 saturated heterocycles. The number of nitrogens with one attached hydrogen (secondary N) is 1. The summed E-state index contributed by atoms with van der Waals surface area (Å²) in [5.74, 6) is -0.550. The van der Waals surface area contributed by atoms with Crippen LogP contribution in [-0.2, 0) is 0 Å². The molecule has 0 spiro atoms. The average Bonchev–Trinajstić information content (AvgIpc) is 2.54. The number of hydrogen-bond donors (Lipinski definition) is 1. The Balaban J connectivity index is 2.32. The van der Waals surface area contributed by atoms with Gasteiger partial charge in [0.15, 0.2) is 0 Å². The van der Waals surface area contributed by atoms with Crippen LogP contribution in [0.4, 0.5) is 5.69 Å². The number of nitro groups is 1. The van der Waals surface area contributed by atoms with E-state index in [9.17, 15) is 20.2 Å². The fraction of sp³-hybridized carbons (Fsp3) is 0.467. The monoisotopic (exact) mass is 319 g/mol. The van der Waals surface area contributed by atoms with Crippen molar-refractivity contribution < 1.29 is 9.72 Å². The molecule has 0 atom stereocenters. The van der Waals surface area contributed by atoms with Gasteiger partial charge in [0.05, 0.1) is 11.0 Å². The molecule has 1 fully saturated rings. The van der Waals surface area contributed by atoms with E-state index < -0.39 is 16.4 Å². The van der Waals surface area contributed by atoms with E-state index in [1.807, 2.05) is 6.26 Å². The lowest BCUT2D eigenvalue weighted by atomic mass is 9.82. The summed E-state index contributed by atoms with van der Waals surface area (Å²) < 4.78 is 0. The zero-order chi connectivity index (χ0) is 16.2. The van der Waals surface area contributed by atoms with Gasteiger partial charge in [-0.25, -0.2) is 0 Å². The predicted molar refractivity (Wildman–Crippen MR) is 83.8 cm³/mol. The smallest absolute Gasteiger partial charge is 0.282 e. The van der Waals surface area contributed by atoms with Crippen LogP contribution in [0.5, 0.6) is 0 Å². The highest BCUT2D eigenvalue weighted by molar-refractivity contribution is 7.98. The average molecular weight is 319 g/mol. The molecule has 1 saturated carbocycles. The van der Waals surface area contributed by atoms with Gasteiger partial charge in [-0.1, -0.05) is 19.3 Å². The first-order chi connectivity index (χ1) is 10.5. The van der Waals surface area contributed by atoms with Gasteiger partial charge in [0.25, 0.3) is 11.6 Å². The lowest BCUT2D eigenvalue weighted by molar-refractivity contribution is -0.385. The van der Waals surface area contributed by atoms with E-state index in [0.717, 1.165) is 24.2 Å². The van der Waals surface area contributed by atoms with Crippen LogP contribution in [0.1, 0.15) is 42.5 Å². The van der Waals surface area contributed by atoms with Crippen LogP contribution in [0.15, 0.2) is 23.1 Å². The van der Waals surface area contributed by atoms with Crippen molar-refractivity contribution in [1.29, 1.82) is 5.26 Å². The Morgan fingerprint density at radius 3 is 2.64 bits per heavy atom. The third kappa shape index (κ3) is 3.39. The maximum absolute atomic E-state index is 12.5. The van der Waals surface area contributed by atoms with Crippen LogP contribution < -0.4 is 5.32 Å². The fourth-order valence-corrected chi connectivity index (χ4v) is 3.13. The number of amides is 1. The molecule has 1 aliphatic carbocycles. The van der Waals surface area contributed by atoms with E-state index >= 15 is 0 Å². The summed E-state index contributed by atoms with van der Waals surface area (Å²) in [6.45, 7) is 0. The third-order valence-corrected chi connectivity index (χ3v) is 4.64. The standard InChI is InChI=1S/C15H17N3O3S/c1-22-11-5-6-13(18(20)21)12(9-11)14(19)17-15(10-16)7-3-2-4-8-15/h5-6,9H,2-4,7-8H2,1H3,(H,17,19). The Hall–Kier alpha value is -2.07. The molecule has 2 rings (SSSR count). The van der Waals surface area contributed by atoms with Crippen molar-refractivity contribution in [2.45, 2.75) is 42.5 Å². The number of carbonyl (C=O) groups excluding carboxylic acids is 1. The topological polar surface area (TPSA) is 96.0 Å². The largest absolute Gasteiger partial charge is 0.333 e.